The highest BCUT2D eigenvalue weighted by Crippen LogP contribution is 2.69. The molecular formula is C18H45O3PSi3. The van der Waals surface area contributed by atoms with E-state index in [4.69, 9.17) is 8.43 Å². The van der Waals surface area contributed by atoms with E-state index < -0.39 is 31.5 Å². The molecule has 0 N–H and O–H groups in total. The van der Waals surface area contributed by atoms with Crippen LogP contribution >= 0.6 is 7.14 Å². The average molecular weight is 425 g/mol. The molecule has 0 fully saturated rings. The summed E-state index contributed by atoms with van der Waals surface area (Å²) in [5, 5.41) is -0.0586. The minimum atomic E-state index is -3.22. The predicted molar refractivity (Wildman–Crippen MR) is 121 cm³/mol. The van der Waals surface area contributed by atoms with Crippen LogP contribution in [0.3, 0.4) is 0 Å². The molecule has 0 spiro atoms. The smallest absolute Gasteiger partial charge is 0.278 e. The van der Waals surface area contributed by atoms with Gasteiger partial charge in [0.25, 0.3) is 7.14 Å². The van der Waals surface area contributed by atoms with Crippen LogP contribution in [0.2, 0.25) is 54.4 Å². The Morgan fingerprint density at radius 3 is 0.960 bits per heavy atom. The van der Waals surface area contributed by atoms with Gasteiger partial charge < -0.3 is 8.43 Å². The summed E-state index contributed by atoms with van der Waals surface area (Å²) >= 11 is 0. The van der Waals surface area contributed by atoms with E-state index >= 15 is 0 Å². The largest absolute Gasteiger partial charge is 0.355 e. The van der Waals surface area contributed by atoms with Crippen LogP contribution in [-0.2, 0) is 13.0 Å². The fraction of sp³-hybridized carbons (Fsp3) is 1.00. The molecule has 0 aliphatic carbocycles. The second-order valence-corrected chi connectivity index (χ2v) is 33.1. The Hall–Kier alpha value is 0.801. The third-order valence-corrected chi connectivity index (χ3v) is 32.4. The normalized spacial score (nSPS) is 16.3. The highest BCUT2D eigenvalue weighted by atomic mass is 31.5. The summed E-state index contributed by atoms with van der Waals surface area (Å²) in [5.74, 6) is 0. The van der Waals surface area contributed by atoms with E-state index in [0.29, 0.717) is 0 Å². The van der Waals surface area contributed by atoms with E-state index in [-0.39, 0.29) is 15.1 Å². The standard InChI is InChI=1S/C18H45O3PSi3/c1-16(2,3)23(10,11)20-22(19,25(14,15)18(7,8)9)21-24(12,13)17(4,5)6/h1-15H3. The first kappa shape index (κ1) is 25.8. The molecule has 0 atom stereocenters. The molecule has 0 radical (unpaired) electrons. The van der Waals surface area contributed by atoms with Gasteiger partial charge in [-0.05, 0) is 41.3 Å². The van der Waals surface area contributed by atoms with Gasteiger partial charge in [-0.15, -0.1) is 0 Å². The molecule has 7 heteroatoms. The lowest BCUT2D eigenvalue weighted by Crippen LogP contribution is -2.50. The van der Waals surface area contributed by atoms with Gasteiger partial charge in [0.2, 0.25) is 16.6 Å². The molecule has 0 bridgehead atoms. The van der Waals surface area contributed by atoms with E-state index in [1.54, 1.807) is 0 Å². The van der Waals surface area contributed by atoms with Crippen LogP contribution in [0.5, 0.6) is 0 Å². The first-order chi connectivity index (χ1) is 10.4. The summed E-state index contributed by atoms with van der Waals surface area (Å²) in [4.78, 5) is 0. The molecule has 0 aromatic heterocycles. The maximum atomic E-state index is 14.5. The number of rotatable bonds is 5. The van der Waals surface area contributed by atoms with Crippen LogP contribution in [0.1, 0.15) is 62.3 Å². The first-order valence-corrected chi connectivity index (χ1v) is 20.6. The zero-order valence-electron chi connectivity index (χ0n) is 19.7. The molecule has 152 valence electrons. The SMILES string of the molecule is CC(C)(C)[Si](C)(C)OP(=O)(O[Si](C)(C)C(C)(C)C)[Si](C)(C)C(C)(C)C. The molecule has 0 aromatic carbocycles. The molecule has 0 aliphatic heterocycles. The van der Waals surface area contributed by atoms with Gasteiger partial charge in [0.1, 0.15) is 0 Å². The lowest BCUT2D eigenvalue weighted by molar-refractivity contribution is 0.370. The van der Waals surface area contributed by atoms with Gasteiger partial charge >= 0.3 is 0 Å². The van der Waals surface area contributed by atoms with Crippen molar-refractivity contribution in [2.24, 2.45) is 0 Å². The van der Waals surface area contributed by atoms with E-state index in [0.717, 1.165) is 0 Å². The fourth-order valence-corrected chi connectivity index (χ4v) is 22.3. The van der Waals surface area contributed by atoms with Crippen molar-refractivity contribution in [2.75, 3.05) is 0 Å². The summed E-state index contributed by atoms with van der Waals surface area (Å²) < 4.78 is 27.9. The monoisotopic (exact) mass is 424 g/mol. The molecule has 0 saturated heterocycles. The summed E-state index contributed by atoms with van der Waals surface area (Å²) in [5.41, 5.74) is 0. The summed E-state index contributed by atoms with van der Waals surface area (Å²) in [6, 6.07) is 0. The molecule has 0 unspecified atom stereocenters. The Bertz CT molecular complexity index is 489. The Balaban J connectivity index is 6.34. The van der Waals surface area contributed by atoms with Gasteiger partial charge in [0.15, 0.2) is 7.74 Å². The van der Waals surface area contributed by atoms with Crippen LogP contribution in [-0.4, -0.2) is 24.4 Å². The molecule has 0 saturated carbocycles. The lowest BCUT2D eigenvalue weighted by atomic mass is 10.2. The van der Waals surface area contributed by atoms with Crippen molar-refractivity contribution in [3.63, 3.8) is 0 Å². The number of hydrogen-bond donors (Lipinski definition) is 0. The van der Waals surface area contributed by atoms with Gasteiger partial charge in [-0.3, -0.25) is 4.57 Å². The van der Waals surface area contributed by atoms with Crippen molar-refractivity contribution in [3.8, 4) is 0 Å². The van der Waals surface area contributed by atoms with Crippen molar-refractivity contribution in [1.82, 2.24) is 0 Å². The first-order valence-electron chi connectivity index (χ1n) is 9.43. The van der Waals surface area contributed by atoms with Crippen molar-refractivity contribution in [1.29, 1.82) is 0 Å². The third kappa shape index (κ3) is 5.41. The predicted octanol–water partition coefficient (Wildman–Crippen LogP) is 8.23. The van der Waals surface area contributed by atoms with Crippen molar-refractivity contribution in [2.45, 2.75) is 117 Å². The Morgan fingerprint density at radius 1 is 0.560 bits per heavy atom. The zero-order chi connectivity index (χ0) is 20.9. The van der Waals surface area contributed by atoms with Crippen LogP contribution in [0.15, 0.2) is 0 Å². The van der Waals surface area contributed by atoms with Gasteiger partial charge in [0.05, 0.1) is 0 Å². The van der Waals surface area contributed by atoms with Crippen LogP contribution in [0.4, 0.5) is 0 Å². The molecule has 0 amide bonds. The number of hydrogen-bond acceptors (Lipinski definition) is 3. The molecule has 3 nitrogen and oxygen atoms in total. The van der Waals surface area contributed by atoms with Crippen molar-refractivity contribution in [3.05, 3.63) is 0 Å². The van der Waals surface area contributed by atoms with Crippen molar-refractivity contribution < 1.29 is 13.0 Å². The molecular weight excluding hydrogens is 379 g/mol. The quantitative estimate of drug-likeness (QED) is 0.329. The van der Waals surface area contributed by atoms with Gasteiger partial charge in [0, 0.05) is 0 Å². The summed E-state index contributed by atoms with van der Waals surface area (Å²) in [7, 11) is -10.0. The topological polar surface area (TPSA) is 35.5 Å². The Kier molecular flexibility index (Phi) is 7.22. The maximum absolute atomic E-state index is 14.5. The van der Waals surface area contributed by atoms with Gasteiger partial charge in [-0.1, -0.05) is 75.4 Å². The minimum absolute atomic E-state index is 0.00180. The molecule has 0 aromatic rings. The minimum Gasteiger partial charge on any atom is -0.355 e. The summed E-state index contributed by atoms with van der Waals surface area (Å²) in [6.45, 7) is 32.9. The highest BCUT2D eigenvalue weighted by Gasteiger charge is 2.59. The van der Waals surface area contributed by atoms with E-state index in [1.165, 1.54) is 0 Å². The Morgan fingerprint density at radius 2 is 0.800 bits per heavy atom. The van der Waals surface area contributed by atoms with E-state index in [9.17, 15) is 4.57 Å². The van der Waals surface area contributed by atoms with E-state index in [2.05, 4.69) is 102 Å². The molecule has 0 heterocycles. The summed E-state index contributed by atoms with van der Waals surface area (Å²) in [6.07, 6.45) is 0. The van der Waals surface area contributed by atoms with Crippen LogP contribution < -0.4 is 0 Å². The van der Waals surface area contributed by atoms with E-state index in [1.807, 2.05) is 0 Å². The van der Waals surface area contributed by atoms with Crippen LogP contribution in [0, 0.1) is 0 Å². The average Bonchev–Trinajstić information content (AvgIpc) is 2.21. The lowest BCUT2D eigenvalue weighted by Gasteiger charge is -2.50. The molecule has 0 aliphatic rings. The second kappa shape index (κ2) is 7.00. The Labute approximate surface area is 161 Å². The fourth-order valence-electron chi connectivity index (χ4n) is 1.53. The second-order valence-electron chi connectivity index (χ2n) is 12.0. The third-order valence-electron chi connectivity index (χ3n) is 6.83. The zero-order valence-corrected chi connectivity index (χ0v) is 23.6. The molecule has 25 heavy (non-hydrogen) atoms. The van der Waals surface area contributed by atoms with Gasteiger partial charge in [-0.25, -0.2) is 0 Å². The van der Waals surface area contributed by atoms with Crippen molar-refractivity contribution >= 4 is 31.5 Å². The maximum Gasteiger partial charge on any atom is 0.278 e. The highest BCUT2D eigenvalue weighted by molar-refractivity contribution is 7.94. The van der Waals surface area contributed by atoms with Crippen LogP contribution in [0.25, 0.3) is 0 Å². The molecule has 0 rings (SSSR count). The van der Waals surface area contributed by atoms with Gasteiger partial charge in [-0.2, -0.15) is 0 Å².